The predicted molar refractivity (Wildman–Crippen MR) is 110 cm³/mol. The molecule has 0 bridgehead atoms. The summed E-state index contributed by atoms with van der Waals surface area (Å²) in [7, 11) is 0. The fourth-order valence-corrected chi connectivity index (χ4v) is 3.11. The number of ether oxygens (including phenoxy) is 5. The maximum atomic E-state index is 11.7. The van der Waals surface area contributed by atoms with Crippen LogP contribution in [0.4, 0.5) is 0 Å². The summed E-state index contributed by atoms with van der Waals surface area (Å²) in [6, 6.07) is 0. The summed E-state index contributed by atoms with van der Waals surface area (Å²) in [5.74, 6) is -3.85. The number of rotatable bonds is 12. The van der Waals surface area contributed by atoms with Gasteiger partial charge in [0.2, 0.25) is 12.0 Å². The van der Waals surface area contributed by atoms with Gasteiger partial charge in [0.1, 0.15) is 0 Å². The largest absolute Gasteiger partial charge is 0.466 e. The van der Waals surface area contributed by atoms with E-state index >= 15 is 0 Å². The Morgan fingerprint density at radius 3 is 1.94 bits per heavy atom. The average molecular weight is 459 g/mol. The second kappa shape index (κ2) is 14.5. The number of nitrogens with zero attached hydrogens (tertiary/aromatic N) is 1. The van der Waals surface area contributed by atoms with E-state index in [1.165, 1.54) is 13.3 Å². The van der Waals surface area contributed by atoms with E-state index in [1.54, 1.807) is 0 Å². The van der Waals surface area contributed by atoms with Crippen LogP contribution in [0.15, 0.2) is 11.5 Å². The van der Waals surface area contributed by atoms with Crippen LogP contribution in [0, 0.1) is 0 Å². The van der Waals surface area contributed by atoms with Gasteiger partial charge >= 0.3 is 23.9 Å². The molecule has 0 aromatic heterocycles. The summed E-state index contributed by atoms with van der Waals surface area (Å²) in [6.07, 6.45) is 0.173. The number of hydrogen-bond donors (Lipinski definition) is 1. The van der Waals surface area contributed by atoms with Crippen LogP contribution < -0.4 is 0 Å². The number of hydrogen-bond acceptors (Lipinski definition) is 11. The molecule has 11 heteroatoms. The van der Waals surface area contributed by atoms with E-state index in [9.17, 15) is 24.3 Å². The highest BCUT2D eigenvalue weighted by Gasteiger charge is 2.32. The molecule has 0 amide bonds. The second-order valence-electron chi connectivity index (χ2n) is 7.27. The van der Waals surface area contributed by atoms with Crippen molar-refractivity contribution in [3.05, 3.63) is 11.5 Å². The number of likely N-dealkylation sites (tertiary alicyclic amines) is 1. The van der Waals surface area contributed by atoms with Crippen molar-refractivity contribution in [2.45, 2.75) is 65.8 Å². The number of carbonyl (C=O) groups excluding carboxylic acids is 4. The number of esters is 4. The molecular formula is C21H33NO10. The molecule has 2 atom stereocenters. The maximum Gasteiger partial charge on any atom is 0.308 e. The zero-order valence-corrected chi connectivity index (χ0v) is 19.1. The lowest BCUT2D eigenvalue weighted by Gasteiger charge is -2.27. The minimum absolute atomic E-state index is 0.116. The Balaban J connectivity index is 3.10. The van der Waals surface area contributed by atoms with Crippen LogP contribution in [0.5, 0.6) is 0 Å². The molecular weight excluding hydrogens is 426 g/mol. The molecule has 0 aromatic carbocycles. The first-order chi connectivity index (χ1) is 15.1. The predicted octanol–water partition coefficient (Wildman–Crippen LogP) is 1.03. The maximum absolute atomic E-state index is 11.7. The van der Waals surface area contributed by atoms with E-state index in [-0.39, 0.29) is 19.6 Å². The van der Waals surface area contributed by atoms with Gasteiger partial charge in [0.05, 0.1) is 13.2 Å². The topological polar surface area (TPSA) is 138 Å². The van der Waals surface area contributed by atoms with Crippen molar-refractivity contribution >= 4 is 23.9 Å². The summed E-state index contributed by atoms with van der Waals surface area (Å²) in [5.41, 5.74) is 0. The molecule has 1 heterocycles. The molecule has 1 saturated heterocycles. The Morgan fingerprint density at radius 1 is 0.812 bits per heavy atom. The molecule has 0 radical (unpaired) electrons. The number of carbonyl (C=O) groups is 4. The third kappa shape index (κ3) is 11.2. The third-order valence-corrected chi connectivity index (χ3v) is 4.39. The zero-order valence-electron chi connectivity index (χ0n) is 19.1. The van der Waals surface area contributed by atoms with Gasteiger partial charge in [-0.05, 0) is 25.9 Å². The fraction of sp³-hybridized carbons (Fsp3) is 0.714. The smallest absolute Gasteiger partial charge is 0.308 e. The normalized spacial score (nSPS) is 16.9. The van der Waals surface area contributed by atoms with Gasteiger partial charge in [-0.25, -0.2) is 0 Å². The highest BCUT2D eigenvalue weighted by Crippen LogP contribution is 2.23. The first-order valence-corrected chi connectivity index (χ1v) is 10.5. The van der Waals surface area contributed by atoms with Crippen LogP contribution in [0.1, 0.15) is 53.4 Å². The molecule has 182 valence electrons. The third-order valence-electron chi connectivity index (χ3n) is 4.39. The number of aliphatic hydroxyl groups excluding tert-OH is 1. The van der Waals surface area contributed by atoms with E-state index in [0.29, 0.717) is 6.54 Å². The Morgan fingerprint density at radius 2 is 1.41 bits per heavy atom. The second-order valence-corrected chi connectivity index (χ2v) is 7.27. The highest BCUT2D eigenvalue weighted by atomic mass is 16.6. The van der Waals surface area contributed by atoms with Gasteiger partial charge in [-0.3, -0.25) is 19.2 Å². The first-order valence-electron chi connectivity index (χ1n) is 10.5. The van der Waals surface area contributed by atoms with Gasteiger partial charge in [-0.15, -0.1) is 0 Å². The van der Waals surface area contributed by atoms with Gasteiger partial charge in [0.25, 0.3) is 0 Å². The monoisotopic (exact) mass is 459 g/mol. The van der Waals surface area contributed by atoms with Crippen molar-refractivity contribution in [2.24, 2.45) is 0 Å². The summed E-state index contributed by atoms with van der Waals surface area (Å²) in [5, 5.41) is 10.6. The Bertz CT molecular complexity index is 684. The van der Waals surface area contributed by atoms with Crippen molar-refractivity contribution in [1.82, 2.24) is 4.90 Å². The van der Waals surface area contributed by atoms with Crippen LogP contribution in [0.3, 0.4) is 0 Å². The minimum Gasteiger partial charge on any atom is -0.466 e. The molecule has 0 unspecified atom stereocenters. The molecule has 1 aliphatic heterocycles. The number of aliphatic hydroxyl groups is 1. The molecule has 1 N–H and O–H groups in total. The van der Waals surface area contributed by atoms with Gasteiger partial charge < -0.3 is 33.7 Å². The van der Waals surface area contributed by atoms with Crippen LogP contribution in [0.2, 0.25) is 0 Å². The average Bonchev–Trinajstić information content (AvgIpc) is 2.69. The molecule has 1 rings (SSSR count). The van der Waals surface area contributed by atoms with Gasteiger partial charge in [0.15, 0.2) is 11.9 Å². The van der Waals surface area contributed by atoms with E-state index < -0.39 is 47.8 Å². The minimum atomic E-state index is -1.77. The van der Waals surface area contributed by atoms with Crippen molar-refractivity contribution in [3.8, 4) is 0 Å². The van der Waals surface area contributed by atoms with Crippen LogP contribution in [-0.2, 0) is 42.9 Å². The molecule has 0 aliphatic carbocycles. The Labute approximate surface area is 187 Å². The summed E-state index contributed by atoms with van der Waals surface area (Å²) in [6.45, 7) is 6.84. The molecule has 1 fully saturated rings. The van der Waals surface area contributed by atoms with Crippen molar-refractivity contribution in [3.63, 3.8) is 0 Å². The fourth-order valence-electron chi connectivity index (χ4n) is 3.11. The van der Waals surface area contributed by atoms with Crippen LogP contribution in [0.25, 0.3) is 0 Å². The highest BCUT2D eigenvalue weighted by molar-refractivity contribution is 5.70. The van der Waals surface area contributed by atoms with Crippen molar-refractivity contribution < 1.29 is 48.0 Å². The molecule has 0 spiro atoms. The summed E-state index contributed by atoms with van der Waals surface area (Å²) in [4.78, 5) is 48.2. The van der Waals surface area contributed by atoms with Gasteiger partial charge in [-0.1, -0.05) is 6.42 Å². The standard InChI is InChI=1S/C21H33NO10/c1-14(23)28-12-8-18(30-15(2)24)19(31-16(3)25)20(32-17(4)26)21(27)29-13-11-22-9-6-5-7-10-22/h18,21,27H,5-13H2,1-4H3/b20-19+/t18-,21+/m1/s1. The van der Waals surface area contributed by atoms with E-state index in [0.717, 1.165) is 46.7 Å². The van der Waals surface area contributed by atoms with Gasteiger partial charge in [-0.2, -0.15) is 0 Å². The van der Waals surface area contributed by atoms with Crippen LogP contribution >= 0.6 is 0 Å². The number of piperidine rings is 1. The van der Waals surface area contributed by atoms with Crippen molar-refractivity contribution in [2.75, 3.05) is 32.8 Å². The van der Waals surface area contributed by atoms with E-state index in [4.69, 9.17) is 23.7 Å². The lowest BCUT2D eigenvalue weighted by atomic mass is 10.1. The summed E-state index contributed by atoms with van der Waals surface area (Å²) < 4.78 is 25.7. The van der Waals surface area contributed by atoms with E-state index in [1.807, 2.05) is 0 Å². The molecule has 0 aromatic rings. The Hall–Kier alpha value is -2.50. The van der Waals surface area contributed by atoms with E-state index in [2.05, 4.69) is 4.90 Å². The quantitative estimate of drug-likeness (QED) is 0.194. The van der Waals surface area contributed by atoms with Gasteiger partial charge in [0, 0.05) is 40.7 Å². The zero-order chi connectivity index (χ0) is 24.1. The Kier molecular flexibility index (Phi) is 12.5. The first kappa shape index (κ1) is 27.5. The molecule has 1 aliphatic rings. The lowest BCUT2D eigenvalue weighted by molar-refractivity contribution is -0.158. The van der Waals surface area contributed by atoms with Crippen molar-refractivity contribution in [1.29, 1.82) is 0 Å². The van der Waals surface area contributed by atoms with Crippen LogP contribution in [-0.4, -0.2) is 79.1 Å². The molecule has 32 heavy (non-hydrogen) atoms. The SMILES string of the molecule is CC(=O)OCC[C@@H](OC(C)=O)/C(OC(C)=O)=C(\OC(C)=O)[C@@H](O)OCCN1CCCCC1. The lowest BCUT2D eigenvalue weighted by Crippen LogP contribution is -2.35. The molecule has 0 saturated carbocycles. The molecule has 11 nitrogen and oxygen atoms in total. The summed E-state index contributed by atoms with van der Waals surface area (Å²) >= 11 is 0.